The first-order chi connectivity index (χ1) is 11.5. The molecule has 2 aromatic heterocycles. The molecule has 1 N–H and O–H groups in total. The third kappa shape index (κ3) is 3.50. The predicted molar refractivity (Wildman–Crippen MR) is 92.7 cm³/mol. The molecule has 0 aliphatic carbocycles. The van der Waals surface area contributed by atoms with Crippen molar-refractivity contribution in [1.82, 2.24) is 9.38 Å². The van der Waals surface area contributed by atoms with E-state index in [9.17, 15) is 14.9 Å². The summed E-state index contributed by atoms with van der Waals surface area (Å²) in [5, 5.41) is 14.5. The average molecular weight is 363 g/mol. The van der Waals surface area contributed by atoms with Crippen LogP contribution in [0.15, 0.2) is 53.9 Å². The Bertz CT molecular complexity index is 928. The molecule has 122 valence electrons. The Morgan fingerprint density at radius 3 is 3.00 bits per heavy atom. The molecular weight excluding hydrogens is 352 g/mol. The van der Waals surface area contributed by atoms with Crippen LogP contribution in [0.4, 0.5) is 11.4 Å². The van der Waals surface area contributed by atoms with Crippen molar-refractivity contribution < 1.29 is 9.72 Å². The number of thioether (sulfide) groups is 1. The number of halogens is 1. The quantitative estimate of drug-likeness (QED) is 0.425. The molecule has 2 heterocycles. The van der Waals surface area contributed by atoms with E-state index < -0.39 is 4.92 Å². The highest BCUT2D eigenvalue weighted by Crippen LogP contribution is 2.28. The first kappa shape index (κ1) is 16.3. The zero-order valence-corrected chi connectivity index (χ0v) is 13.8. The number of benzene rings is 1. The van der Waals surface area contributed by atoms with Crippen LogP contribution in [-0.2, 0) is 4.79 Å². The van der Waals surface area contributed by atoms with Crippen LogP contribution < -0.4 is 5.32 Å². The van der Waals surface area contributed by atoms with E-state index in [-0.39, 0.29) is 28.1 Å². The van der Waals surface area contributed by atoms with E-state index in [1.165, 1.54) is 30.0 Å². The molecule has 1 amide bonds. The van der Waals surface area contributed by atoms with E-state index >= 15 is 0 Å². The molecule has 3 rings (SSSR count). The number of carbonyl (C=O) groups is 1. The molecule has 0 radical (unpaired) electrons. The number of carbonyl (C=O) groups excluding carboxylic acids is 1. The molecule has 7 nitrogen and oxygen atoms in total. The van der Waals surface area contributed by atoms with Gasteiger partial charge in [0.2, 0.25) is 5.91 Å². The number of imidazole rings is 1. The fourth-order valence-corrected chi connectivity index (χ4v) is 3.04. The van der Waals surface area contributed by atoms with Crippen LogP contribution in [0.3, 0.4) is 0 Å². The van der Waals surface area contributed by atoms with Gasteiger partial charge in [0, 0.05) is 17.3 Å². The molecule has 3 aromatic rings. The lowest BCUT2D eigenvalue weighted by molar-refractivity contribution is -0.383. The molecular formula is C15H11ClN4O3S. The van der Waals surface area contributed by atoms with Crippen LogP contribution in [0.25, 0.3) is 5.52 Å². The van der Waals surface area contributed by atoms with E-state index in [1.807, 2.05) is 28.8 Å². The number of fused-ring (bicyclic) bond motifs is 1. The summed E-state index contributed by atoms with van der Waals surface area (Å²) in [4.78, 5) is 26.8. The lowest BCUT2D eigenvalue weighted by Crippen LogP contribution is -2.15. The van der Waals surface area contributed by atoms with Crippen molar-refractivity contribution in [2.24, 2.45) is 0 Å². The summed E-state index contributed by atoms with van der Waals surface area (Å²) in [6.07, 6.45) is 3.57. The minimum Gasteiger partial charge on any atom is -0.320 e. The van der Waals surface area contributed by atoms with Crippen LogP contribution in [-0.4, -0.2) is 26.0 Å². The summed E-state index contributed by atoms with van der Waals surface area (Å²) in [6, 6.07) is 9.78. The maximum atomic E-state index is 12.1. The van der Waals surface area contributed by atoms with Crippen molar-refractivity contribution in [3.8, 4) is 0 Å². The Labute approximate surface area is 145 Å². The number of nitrogens with one attached hydrogen (secondary N) is 1. The fraction of sp³-hybridized carbons (Fsp3) is 0.0667. The zero-order valence-electron chi connectivity index (χ0n) is 12.2. The third-order valence-electron chi connectivity index (χ3n) is 3.17. The predicted octanol–water partition coefficient (Wildman–Crippen LogP) is 3.63. The van der Waals surface area contributed by atoms with Crippen molar-refractivity contribution in [1.29, 1.82) is 0 Å². The summed E-state index contributed by atoms with van der Waals surface area (Å²) in [5.41, 5.74) is 0.795. The summed E-state index contributed by atoms with van der Waals surface area (Å²) in [6.45, 7) is 0. The van der Waals surface area contributed by atoms with Crippen molar-refractivity contribution >= 4 is 46.2 Å². The molecule has 0 fully saturated rings. The average Bonchev–Trinajstić information content (AvgIpc) is 2.97. The van der Waals surface area contributed by atoms with Gasteiger partial charge in [-0.3, -0.25) is 19.3 Å². The SMILES string of the molecule is O=C(CSc1ncc2ccccn12)Nc1ccc(Cl)cc1[N+](=O)[O-]. The summed E-state index contributed by atoms with van der Waals surface area (Å²) in [7, 11) is 0. The number of anilines is 1. The van der Waals surface area contributed by atoms with E-state index in [2.05, 4.69) is 10.3 Å². The van der Waals surface area contributed by atoms with Gasteiger partial charge in [0.25, 0.3) is 5.69 Å². The van der Waals surface area contributed by atoms with Crippen LogP contribution in [0.1, 0.15) is 0 Å². The summed E-state index contributed by atoms with van der Waals surface area (Å²) < 4.78 is 1.86. The Balaban J connectivity index is 1.69. The van der Waals surface area contributed by atoms with Crippen LogP contribution in [0.5, 0.6) is 0 Å². The maximum Gasteiger partial charge on any atom is 0.294 e. The topological polar surface area (TPSA) is 89.5 Å². The summed E-state index contributed by atoms with van der Waals surface area (Å²) >= 11 is 6.99. The highest BCUT2D eigenvalue weighted by Gasteiger charge is 2.17. The number of pyridine rings is 1. The van der Waals surface area contributed by atoms with E-state index in [4.69, 9.17) is 11.6 Å². The number of nitrogens with zero attached hydrogens (tertiary/aromatic N) is 3. The van der Waals surface area contributed by atoms with Crippen molar-refractivity contribution in [2.75, 3.05) is 11.1 Å². The van der Waals surface area contributed by atoms with Crippen molar-refractivity contribution in [3.05, 3.63) is 63.9 Å². The molecule has 9 heteroatoms. The van der Waals surface area contributed by atoms with Gasteiger partial charge in [0.1, 0.15) is 5.69 Å². The molecule has 0 saturated heterocycles. The smallest absolute Gasteiger partial charge is 0.294 e. The van der Waals surface area contributed by atoms with Gasteiger partial charge in [-0.1, -0.05) is 29.4 Å². The Morgan fingerprint density at radius 1 is 1.38 bits per heavy atom. The lowest BCUT2D eigenvalue weighted by atomic mass is 10.2. The monoisotopic (exact) mass is 362 g/mol. The molecule has 0 atom stereocenters. The molecule has 0 aliphatic heterocycles. The molecule has 0 bridgehead atoms. The molecule has 24 heavy (non-hydrogen) atoms. The third-order valence-corrected chi connectivity index (χ3v) is 4.37. The molecule has 0 saturated carbocycles. The lowest BCUT2D eigenvalue weighted by Gasteiger charge is -2.06. The van der Waals surface area contributed by atoms with Crippen molar-refractivity contribution in [3.63, 3.8) is 0 Å². The second-order valence-electron chi connectivity index (χ2n) is 4.79. The molecule has 0 unspecified atom stereocenters. The van der Waals surface area contributed by atoms with Crippen LogP contribution in [0, 0.1) is 10.1 Å². The number of hydrogen-bond donors (Lipinski definition) is 1. The first-order valence-electron chi connectivity index (χ1n) is 6.83. The number of aromatic nitrogens is 2. The Hall–Kier alpha value is -2.58. The zero-order chi connectivity index (χ0) is 17.1. The number of rotatable bonds is 5. The first-order valence-corrected chi connectivity index (χ1v) is 8.19. The second kappa shape index (κ2) is 6.90. The normalized spacial score (nSPS) is 10.7. The highest BCUT2D eigenvalue weighted by molar-refractivity contribution is 7.99. The fourth-order valence-electron chi connectivity index (χ4n) is 2.10. The van der Waals surface area contributed by atoms with Crippen molar-refractivity contribution in [2.45, 2.75) is 5.16 Å². The number of hydrogen-bond acceptors (Lipinski definition) is 5. The van der Waals surface area contributed by atoms with Crippen LogP contribution in [0.2, 0.25) is 5.02 Å². The number of nitro groups is 1. The molecule has 0 aliphatic rings. The van der Waals surface area contributed by atoms with Gasteiger partial charge in [-0.05, 0) is 24.3 Å². The minimum absolute atomic E-state index is 0.0772. The maximum absolute atomic E-state index is 12.1. The van der Waals surface area contributed by atoms with Gasteiger partial charge in [0.05, 0.1) is 22.4 Å². The number of nitro benzene ring substituents is 1. The van der Waals surface area contributed by atoms with Crippen LogP contribution >= 0.6 is 23.4 Å². The largest absolute Gasteiger partial charge is 0.320 e. The minimum atomic E-state index is -0.587. The second-order valence-corrected chi connectivity index (χ2v) is 6.17. The summed E-state index contributed by atoms with van der Waals surface area (Å²) in [5.74, 6) is -0.286. The van der Waals surface area contributed by atoms with E-state index in [0.717, 1.165) is 5.52 Å². The van der Waals surface area contributed by atoms with Gasteiger partial charge in [-0.2, -0.15) is 0 Å². The Morgan fingerprint density at radius 2 is 2.21 bits per heavy atom. The van der Waals surface area contributed by atoms with Gasteiger partial charge in [0.15, 0.2) is 5.16 Å². The Kier molecular flexibility index (Phi) is 4.68. The van der Waals surface area contributed by atoms with Gasteiger partial charge >= 0.3 is 0 Å². The van der Waals surface area contributed by atoms with E-state index in [0.29, 0.717) is 5.16 Å². The van der Waals surface area contributed by atoms with E-state index in [1.54, 1.807) is 6.20 Å². The standard InChI is InChI=1S/C15H11ClN4O3S/c16-10-4-5-12(13(7-10)20(22)23)18-14(21)9-24-15-17-8-11-3-1-2-6-19(11)15/h1-8H,9H2,(H,18,21). The van der Waals surface area contributed by atoms with Gasteiger partial charge in [-0.25, -0.2) is 4.98 Å². The molecule has 0 spiro atoms. The molecule has 1 aromatic carbocycles. The number of amides is 1. The van der Waals surface area contributed by atoms with Gasteiger partial charge < -0.3 is 5.32 Å². The highest BCUT2D eigenvalue weighted by atomic mass is 35.5. The van der Waals surface area contributed by atoms with Gasteiger partial charge in [-0.15, -0.1) is 0 Å².